The van der Waals surface area contributed by atoms with Crippen molar-refractivity contribution in [1.29, 1.82) is 0 Å². The van der Waals surface area contributed by atoms with Crippen LogP contribution in [-0.2, 0) is 4.79 Å². The van der Waals surface area contributed by atoms with Gasteiger partial charge in [-0.25, -0.2) is 0 Å². The van der Waals surface area contributed by atoms with E-state index in [1.165, 1.54) is 75.8 Å². The number of nitrogens with one attached hydrogen (secondary N) is 2. The molecule has 0 bridgehead atoms. The quantitative estimate of drug-likeness (QED) is 0.732. The van der Waals surface area contributed by atoms with E-state index in [4.69, 9.17) is 0 Å². The van der Waals surface area contributed by atoms with Crippen molar-refractivity contribution in [1.82, 2.24) is 5.32 Å². The van der Waals surface area contributed by atoms with Crippen molar-refractivity contribution < 1.29 is 14.5 Å². The van der Waals surface area contributed by atoms with E-state index < -0.39 is 0 Å². The SMILES string of the molecule is O=C(CCC(=O)c1cccs1)NCC1([NH+]2CCCCC2)CCCCC1. The highest BCUT2D eigenvalue weighted by molar-refractivity contribution is 7.12. The van der Waals surface area contributed by atoms with Crippen LogP contribution in [0.15, 0.2) is 17.5 Å². The third-order valence-corrected chi connectivity index (χ3v) is 6.93. The maximum absolute atomic E-state index is 12.3. The van der Waals surface area contributed by atoms with Crippen molar-refractivity contribution in [3.63, 3.8) is 0 Å². The van der Waals surface area contributed by atoms with Gasteiger partial charge in [0.2, 0.25) is 5.91 Å². The van der Waals surface area contributed by atoms with Crippen LogP contribution in [0.3, 0.4) is 0 Å². The first-order chi connectivity index (χ1) is 12.2. The van der Waals surface area contributed by atoms with E-state index in [1.807, 2.05) is 17.5 Å². The van der Waals surface area contributed by atoms with E-state index >= 15 is 0 Å². The van der Waals surface area contributed by atoms with Crippen molar-refractivity contribution in [2.24, 2.45) is 0 Å². The Balaban J connectivity index is 1.50. The van der Waals surface area contributed by atoms with Crippen LogP contribution in [0.1, 0.15) is 73.9 Å². The van der Waals surface area contributed by atoms with Gasteiger partial charge in [-0.05, 0) is 43.6 Å². The monoisotopic (exact) mass is 363 g/mol. The van der Waals surface area contributed by atoms with E-state index in [0.717, 1.165) is 11.4 Å². The molecule has 0 spiro atoms. The Kier molecular flexibility index (Phi) is 6.65. The molecule has 0 unspecified atom stereocenters. The van der Waals surface area contributed by atoms with E-state index in [1.54, 1.807) is 4.90 Å². The van der Waals surface area contributed by atoms with Gasteiger partial charge in [0, 0.05) is 25.7 Å². The molecule has 1 aromatic heterocycles. The molecule has 1 amide bonds. The van der Waals surface area contributed by atoms with Gasteiger partial charge in [-0.3, -0.25) is 9.59 Å². The molecule has 5 heteroatoms. The van der Waals surface area contributed by atoms with Crippen LogP contribution in [0.2, 0.25) is 0 Å². The minimum Gasteiger partial charge on any atom is -0.350 e. The maximum atomic E-state index is 12.3. The molecule has 25 heavy (non-hydrogen) atoms. The molecule has 2 heterocycles. The van der Waals surface area contributed by atoms with Crippen LogP contribution >= 0.6 is 11.3 Å². The van der Waals surface area contributed by atoms with Gasteiger partial charge in [0.25, 0.3) is 0 Å². The van der Waals surface area contributed by atoms with Crippen LogP contribution in [0.5, 0.6) is 0 Å². The first-order valence-electron chi connectivity index (χ1n) is 9.88. The summed E-state index contributed by atoms with van der Waals surface area (Å²) >= 11 is 1.45. The third-order valence-electron chi connectivity index (χ3n) is 6.02. The highest BCUT2D eigenvalue weighted by atomic mass is 32.1. The Morgan fingerprint density at radius 2 is 1.76 bits per heavy atom. The fraction of sp³-hybridized carbons (Fsp3) is 0.700. The van der Waals surface area contributed by atoms with E-state index in [-0.39, 0.29) is 17.2 Å². The summed E-state index contributed by atoms with van der Waals surface area (Å²) in [5.41, 5.74) is 0.242. The fourth-order valence-corrected chi connectivity index (χ4v) is 5.23. The number of ketones is 1. The number of hydrogen-bond acceptors (Lipinski definition) is 3. The van der Waals surface area contributed by atoms with Crippen molar-refractivity contribution >= 4 is 23.0 Å². The smallest absolute Gasteiger partial charge is 0.220 e. The molecule has 1 aliphatic heterocycles. The first kappa shape index (κ1) is 18.6. The summed E-state index contributed by atoms with van der Waals surface area (Å²) in [5, 5.41) is 5.09. The summed E-state index contributed by atoms with van der Waals surface area (Å²) < 4.78 is 0. The second-order valence-corrected chi connectivity index (χ2v) is 8.63. The Labute approximate surface area is 155 Å². The number of hydrogen-bond donors (Lipinski definition) is 2. The van der Waals surface area contributed by atoms with Crippen LogP contribution in [0, 0.1) is 0 Å². The average Bonchev–Trinajstić information content (AvgIpc) is 3.21. The Bertz CT molecular complexity index is 558. The molecule has 138 valence electrons. The van der Waals surface area contributed by atoms with Gasteiger partial charge in [-0.15, -0.1) is 11.3 Å². The Morgan fingerprint density at radius 3 is 2.44 bits per heavy atom. The summed E-state index contributed by atoms with van der Waals surface area (Å²) in [6.45, 7) is 3.30. The number of carbonyl (C=O) groups excluding carboxylic acids is 2. The molecule has 3 rings (SSSR count). The standard InChI is InChI=1S/C20H30N2O2S/c23-17(18-8-7-15-25-18)9-10-19(24)21-16-20(11-3-1-4-12-20)22-13-5-2-6-14-22/h7-8,15H,1-6,9-14,16H2,(H,21,24)/p+1. The lowest BCUT2D eigenvalue weighted by Gasteiger charge is -2.45. The molecule has 0 atom stereocenters. The molecule has 4 nitrogen and oxygen atoms in total. The summed E-state index contributed by atoms with van der Waals surface area (Å²) in [7, 11) is 0. The van der Waals surface area contributed by atoms with Crippen LogP contribution in [0.25, 0.3) is 0 Å². The molecule has 1 saturated carbocycles. The minimum atomic E-state index is 0.0336. The van der Waals surface area contributed by atoms with Gasteiger partial charge in [-0.1, -0.05) is 12.5 Å². The van der Waals surface area contributed by atoms with Crippen LogP contribution in [-0.4, -0.2) is 36.9 Å². The van der Waals surface area contributed by atoms with Gasteiger partial charge >= 0.3 is 0 Å². The zero-order valence-corrected chi connectivity index (χ0v) is 16.0. The molecule has 1 aromatic rings. The van der Waals surface area contributed by atoms with Gasteiger partial charge in [0.1, 0.15) is 5.54 Å². The Hall–Kier alpha value is -1.20. The fourth-order valence-electron chi connectivity index (χ4n) is 4.54. The predicted molar refractivity (Wildman–Crippen MR) is 101 cm³/mol. The zero-order valence-electron chi connectivity index (χ0n) is 15.1. The van der Waals surface area contributed by atoms with Crippen molar-refractivity contribution in [3.05, 3.63) is 22.4 Å². The van der Waals surface area contributed by atoms with E-state index in [0.29, 0.717) is 12.8 Å². The van der Waals surface area contributed by atoms with Crippen molar-refractivity contribution in [2.45, 2.75) is 69.7 Å². The highest BCUT2D eigenvalue weighted by Crippen LogP contribution is 2.26. The van der Waals surface area contributed by atoms with E-state index in [2.05, 4.69) is 5.32 Å². The zero-order chi connectivity index (χ0) is 17.5. The molecule has 0 aromatic carbocycles. The molecular formula is C20H31N2O2S+. The average molecular weight is 364 g/mol. The normalized spacial score (nSPS) is 21.0. The number of piperidine rings is 1. The molecule has 2 fully saturated rings. The maximum Gasteiger partial charge on any atom is 0.220 e. The third kappa shape index (κ3) is 4.91. The molecule has 0 radical (unpaired) electrons. The van der Waals surface area contributed by atoms with Gasteiger partial charge in [0.05, 0.1) is 24.5 Å². The van der Waals surface area contributed by atoms with Gasteiger partial charge in [0.15, 0.2) is 5.78 Å². The molecule has 2 aliphatic rings. The second kappa shape index (κ2) is 8.95. The second-order valence-electron chi connectivity index (χ2n) is 7.68. The first-order valence-corrected chi connectivity index (χ1v) is 10.8. The predicted octanol–water partition coefficient (Wildman–Crippen LogP) is 2.60. The largest absolute Gasteiger partial charge is 0.350 e. The summed E-state index contributed by atoms with van der Waals surface area (Å²) in [4.78, 5) is 26.8. The van der Waals surface area contributed by atoms with Crippen molar-refractivity contribution in [2.75, 3.05) is 19.6 Å². The van der Waals surface area contributed by atoms with Gasteiger partial charge in [-0.2, -0.15) is 0 Å². The molecule has 1 aliphatic carbocycles. The van der Waals surface area contributed by atoms with Crippen LogP contribution in [0.4, 0.5) is 0 Å². The minimum absolute atomic E-state index is 0.0336. The van der Waals surface area contributed by atoms with E-state index in [9.17, 15) is 9.59 Å². The molecule has 1 saturated heterocycles. The topological polar surface area (TPSA) is 50.6 Å². The lowest BCUT2D eigenvalue weighted by Crippen LogP contribution is -3.22. The summed E-state index contributed by atoms with van der Waals surface area (Å²) in [6, 6.07) is 3.72. The number of likely N-dealkylation sites (tertiary alicyclic amines) is 1. The number of thiophene rings is 1. The summed E-state index contributed by atoms with van der Waals surface area (Å²) in [6.07, 6.45) is 11.0. The number of Topliss-reactive ketones (excluding diaryl/α,β-unsaturated/α-hetero) is 1. The molecule has 2 N–H and O–H groups in total. The van der Waals surface area contributed by atoms with Gasteiger partial charge < -0.3 is 10.2 Å². The van der Waals surface area contributed by atoms with Crippen LogP contribution < -0.4 is 10.2 Å². The number of rotatable bonds is 7. The highest BCUT2D eigenvalue weighted by Gasteiger charge is 2.42. The Morgan fingerprint density at radius 1 is 1.04 bits per heavy atom. The lowest BCUT2D eigenvalue weighted by atomic mass is 9.79. The molecular weight excluding hydrogens is 332 g/mol. The lowest BCUT2D eigenvalue weighted by molar-refractivity contribution is -0.957. The number of quaternary nitrogens is 1. The number of carbonyl (C=O) groups is 2. The van der Waals surface area contributed by atoms with Crippen molar-refractivity contribution in [3.8, 4) is 0 Å². The number of amides is 1. The summed E-state index contributed by atoms with van der Waals surface area (Å²) in [5.74, 6) is 0.116.